The van der Waals surface area contributed by atoms with Crippen molar-refractivity contribution < 1.29 is 37.9 Å². The lowest BCUT2D eigenvalue weighted by Crippen LogP contribution is -2.25. The van der Waals surface area contributed by atoms with Crippen LogP contribution in [0.25, 0.3) is 0 Å². The summed E-state index contributed by atoms with van der Waals surface area (Å²) in [6.45, 7) is 2.98. The predicted octanol–water partition coefficient (Wildman–Crippen LogP) is 8.13. The Kier molecular flexibility index (Phi) is 28.5. The third-order valence-electron chi connectivity index (χ3n) is 6.63. The Labute approximate surface area is 242 Å². The summed E-state index contributed by atoms with van der Waals surface area (Å²) in [5.74, 6) is 1.10. The van der Waals surface area contributed by atoms with E-state index in [1.807, 2.05) is 0 Å². The monoisotopic (exact) mass is 596 g/mol. The standard InChI is InChI=1S/C29H57O8PS/c1-2-3-4-5-6-13-16-19-22-29(31)37-28(25-36-38(32,33)34)26-39-24-21-18-15-12-10-8-7-9-11-14-17-20-23-35-27-30/h27-28H,2-26H2,1H3,(H2,32,33,34)/t28-/m1/s1. The number of ether oxygens (including phenoxy) is 2. The van der Waals surface area contributed by atoms with Gasteiger partial charge in [-0.2, -0.15) is 11.8 Å². The summed E-state index contributed by atoms with van der Waals surface area (Å²) in [5, 5.41) is 0. The van der Waals surface area contributed by atoms with Crippen molar-refractivity contribution in [2.45, 2.75) is 148 Å². The van der Waals surface area contributed by atoms with Crippen molar-refractivity contribution in [1.29, 1.82) is 0 Å². The summed E-state index contributed by atoms with van der Waals surface area (Å²) in [4.78, 5) is 40.4. The molecule has 0 fully saturated rings. The molecule has 0 unspecified atom stereocenters. The lowest BCUT2D eigenvalue weighted by molar-refractivity contribution is -0.149. The highest BCUT2D eigenvalue weighted by Gasteiger charge is 2.21. The van der Waals surface area contributed by atoms with Gasteiger partial charge in [-0.15, -0.1) is 0 Å². The van der Waals surface area contributed by atoms with Crippen molar-refractivity contribution in [2.75, 3.05) is 24.7 Å². The van der Waals surface area contributed by atoms with E-state index >= 15 is 0 Å². The van der Waals surface area contributed by atoms with Gasteiger partial charge in [0, 0.05) is 12.2 Å². The van der Waals surface area contributed by atoms with E-state index in [2.05, 4.69) is 16.2 Å². The fourth-order valence-electron chi connectivity index (χ4n) is 4.36. The minimum Gasteiger partial charge on any atom is -0.468 e. The van der Waals surface area contributed by atoms with Crippen molar-refractivity contribution in [1.82, 2.24) is 0 Å². The number of rotatable bonds is 31. The van der Waals surface area contributed by atoms with Gasteiger partial charge in [-0.3, -0.25) is 14.1 Å². The molecular formula is C29H57O8PS. The zero-order valence-electron chi connectivity index (χ0n) is 24.5. The van der Waals surface area contributed by atoms with E-state index in [1.54, 1.807) is 11.8 Å². The number of esters is 1. The van der Waals surface area contributed by atoms with E-state index in [0.29, 0.717) is 25.3 Å². The van der Waals surface area contributed by atoms with Gasteiger partial charge in [-0.1, -0.05) is 116 Å². The van der Waals surface area contributed by atoms with E-state index in [0.717, 1.165) is 50.7 Å². The molecule has 0 aliphatic heterocycles. The maximum Gasteiger partial charge on any atom is 0.469 e. The summed E-state index contributed by atoms with van der Waals surface area (Å²) >= 11 is 1.65. The molecule has 0 amide bonds. The third-order valence-corrected chi connectivity index (χ3v) is 8.30. The van der Waals surface area contributed by atoms with Crippen molar-refractivity contribution in [3.05, 3.63) is 0 Å². The van der Waals surface area contributed by atoms with Crippen LogP contribution in [-0.2, 0) is 28.2 Å². The van der Waals surface area contributed by atoms with E-state index < -0.39 is 13.9 Å². The normalized spacial score (nSPS) is 12.4. The number of thioether (sulfide) groups is 1. The summed E-state index contributed by atoms with van der Waals surface area (Å²) in [7, 11) is -4.60. The first-order valence-electron chi connectivity index (χ1n) is 15.4. The molecule has 10 heteroatoms. The molecule has 2 N–H and O–H groups in total. The van der Waals surface area contributed by atoms with Gasteiger partial charge >= 0.3 is 13.8 Å². The molecule has 0 bridgehead atoms. The second kappa shape index (κ2) is 28.9. The summed E-state index contributed by atoms with van der Waals surface area (Å²) in [6, 6.07) is 0. The number of carbonyl (C=O) groups excluding carboxylic acids is 2. The van der Waals surface area contributed by atoms with Crippen LogP contribution in [0.3, 0.4) is 0 Å². The molecule has 0 rings (SSSR count). The zero-order valence-corrected chi connectivity index (χ0v) is 26.2. The molecule has 1 atom stereocenters. The molecular weight excluding hydrogens is 539 g/mol. The minimum absolute atomic E-state index is 0.283. The van der Waals surface area contributed by atoms with Crippen LogP contribution < -0.4 is 0 Å². The molecule has 0 heterocycles. The van der Waals surface area contributed by atoms with Gasteiger partial charge < -0.3 is 19.3 Å². The number of hydrogen-bond donors (Lipinski definition) is 2. The molecule has 8 nitrogen and oxygen atoms in total. The van der Waals surface area contributed by atoms with Crippen molar-refractivity contribution >= 4 is 32.0 Å². The fourth-order valence-corrected chi connectivity index (χ4v) is 5.73. The first kappa shape index (κ1) is 38.4. The van der Waals surface area contributed by atoms with Crippen LogP contribution in [0.5, 0.6) is 0 Å². The van der Waals surface area contributed by atoms with Crippen molar-refractivity contribution in [2.24, 2.45) is 0 Å². The van der Waals surface area contributed by atoms with Crippen LogP contribution in [-0.4, -0.2) is 53.1 Å². The molecule has 0 radical (unpaired) electrons. The zero-order chi connectivity index (χ0) is 28.9. The topological polar surface area (TPSA) is 119 Å². The largest absolute Gasteiger partial charge is 0.469 e. The summed E-state index contributed by atoms with van der Waals surface area (Å²) in [5.41, 5.74) is 0. The number of unbranched alkanes of at least 4 members (excludes halogenated alkanes) is 18. The number of phosphoric ester groups is 1. The van der Waals surface area contributed by atoms with Crippen LogP contribution in [0.4, 0.5) is 0 Å². The SMILES string of the molecule is CCCCCCCCCCC(=O)O[C@H](COP(=O)(O)O)CSCCCCCCCCCCCCCCOC=O. The highest BCUT2D eigenvalue weighted by atomic mass is 32.2. The summed E-state index contributed by atoms with van der Waals surface area (Å²) < 4.78 is 25.9. The van der Waals surface area contributed by atoms with Crippen LogP contribution in [0.15, 0.2) is 0 Å². The highest BCUT2D eigenvalue weighted by Crippen LogP contribution is 2.36. The summed E-state index contributed by atoms with van der Waals surface area (Å²) in [6.07, 6.45) is 23.3. The maximum absolute atomic E-state index is 12.2. The minimum atomic E-state index is -4.60. The predicted molar refractivity (Wildman–Crippen MR) is 160 cm³/mol. The van der Waals surface area contributed by atoms with Gasteiger partial charge in [-0.25, -0.2) is 4.57 Å². The van der Waals surface area contributed by atoms with Crippen LogP contribution in [0.2, 0.25) is 0 Å². The average Bonchev–Trinajstić information content (AvgIpc) is 2.90. The van der Waals surface area contributed by atoms with Gasteiger partial charge in [0.2, 0.25) is 0 Å². The molecule has 0 saturated carbocycles. The van der Waals surface area contributed by atoms with Crippen LogP contribution in [0, 0.1) is 0 Å². The van der Waals surface area contributed by atoms with Crippen LogP contribution >= 0.6 is 19.6 Å². The first-order chi connectivity index (χ1) is 18.9. The lowest BCUT2D eigenvalue weighted by Gasteiger charge is -2.18. The Morgan fingerprint density at radius 3 is 1.77 bits per heavy atom. The van der Waals surface area contributed by atoms with Crippen molar-refractivity contribution in [3.63, 3.8) is 0 Å². The molecule has 232 valence electrons. The van der Waals surface area contributed by atoms with Gasteiger partial charge in [-0.05, 0) is 25.0 Å². The Hall–Kier alpha value is -0.600. The van der Waals surface area contributed by atoms with Gasteiger partial charge in [0.25, 0.3) is 6.47 Å². The van der Waals surface area contributed by atoms with E-state index in [9.17, 15) is 14.2 Å². The van der Waals surface area contributed by atoms with Crippen LogP contribution in [0.1, 0.15) is 142 Å². The molecule has 0 aliphatic carbocycles. The fraction of sp³-hybridized carbons (Fsp3) is 0.931. The molecule has 0 aromatic heterocycles. The van der Waals surface area contributed by atoms with Gasteiger partial charge in [0.05, 0.1) is 13.2 Å². The second-order valence-corrected chi connectivity index (χ2v) is 12.8. The average molecular weight is 597 g/mol. The molecule has 0 aliphatic rings. The molecule has 0 aromatic rings. The molecule has 0 spiro atoms. The molecule has 39 heavy (non-hydrogen) atoms. The highest BCUT2D eigenvalue weighted by molar-refractivity contribution is 7.99. The molecule has 0 saturated heterocycles. The lowest BCUT2D eigenvalue weighted by atomic mass is 10.1. The second-order valence-electron chi connectivity index (χ2n) is 10.4. The van der Waals surface area contributed by atoms with Crippen molar-refractivity contribution in [3.8, 4) is 0 Å². The number of carbonyl (C=O) groups is 2. The van der Waals surface area contributed by atoms with E-state index in [4.69, 9.17) is 14.5 Å². The number of phosphoric acid groups is 1. The Balaban J connectivity index is 3.79. The Morgan fingerprint density at radius 2 is 1.26 bits per heavy atom. The third kappa shape index (κ3) is 31.8. The van der Waals surface area contributed by atoms with E-state index in [-0.39, 0.29) is 12.6 Å². The quantitative estimate of drug-likeness (QED) is 0.0354. The smallest absolute Gasteiger partial charge is 0.468 e. The van der Waals surface area contributed by atoms with Gasteiger partial charge in [0.15, 0.2) is 0 Å². The molecule has 0 aromatic carbocycles. The van der Waals surface area contributed by atoms with Gasteiger partial charge in [0.1, 0.15) is 6.10 Å². The Morgan fingerprint density at radius 1 is 0.769 bits per heavy atom. The number of hydrogen-bond acceptors (Lipinski definition) is 7. The maximum atomic E-state index is 12.2. The van der Waals surface area contributed by atoms with E-state index in [1.165, 1.54) is 83.5 Å². The first-order valence-corrected chi connectivity index (χ1v) is 18.1. The Bertz CT molecular complexity index is 602.